The van der Waals surface area contributed by atoms with E-state index in [0.29, 0.717) is 29.1 Å². The van der Waals surface area contributed by atoms with Gasteiger partial charge in [-0.25, -0.2) is 9.97 Å². The number of hydrogen-bond donors (Lipinski definition) is 1. The molecule has 2 unspecified atom stereocenters. The van der Waals surface area contributed by atoms with Gasteiger partial charge in [0.1, 0.15) is 6.33 Å². The van der Waals surface area contributed by atoms with Crippen molar-refractivity contribution in [2.45, 2.75) is 44.3 Å². The van der Waals surface area contributed by atoms with Crippen molar-refractivity contribution in [3.63, 3.8) is 0 Å². The third-order valence-electron chi connectivity index (χ3n) is 5.94. The molecule has 0 aliphatic carbocycles. The largest absolute Gasteiger partial charge is 0.303 e. The number of nitro benzene ring substituents is 1. The minimum atomic E-state index is -0.937. The number of likely N-dealkylation sites (N-methyl/N-ethyl adjacent to an activating group) is 1. The van der Waals surface area contributed by atoms with Gasteiger partial charge in [-0.3, -0.25) is 20.4 Å². The number of nitro groups is 1. The first-order valence-electron chi connectivity index (χ1n) is 10.1. The third kappa shape index (κ3) is 3.77. The zero-order valence-electron chi connectivity index (χ0n) is 16.8. The molecule has 0 bridgehead atoms. The summed E-state index contributed by atoms with van der Waals surface area (Å²) in [6, 6.07) is 3.91. The van der Waals surface area contributed by atoms with Gasteiger partial charge in [0.25, 0.3) is 5.69 Å². The van der Waals surface area contributed by atoms with Crippen molar-refractivity contribution in [1.29, 1.82) is 0 Å². The van der Waals surface area contributed by atoms with Crippen molar-refractivity contribution in [1.82, 2.24) is 20.2 Å². The smallest absolute Gasteiger partial charge is 0.277 e. The number of benzene rings is 1. The number of fused-ring (bicyclic) bond motifs is 1. The molecule has 0 amide bonds. The lowest BCUT2D eigenvalue weighted by Crippen LogP contribution is -2.38. The predicted molar refractivity (Wildman–Crippen MR) is 113 cm³/mol. The zero-order chi connectivity index (χ0) is 20.4. The van der Waals surface area contributed by atoms with Crippen LogP contribution in [0.15, 0.2) is 41.3 Å². The maximum absolute atomic E-state index is 11.8. The molecule has 2 aliphatic rings. The van der Waals surface area contributed by atoms with Gasteiger partial charge in [-0.05, 0) is 63.5 Å². The summed E-state index contributed by atoms with van der Waals surface area (Å²) in [5.41, 5.74) is 1.39. The van der Waals surface area contributed by atoms with Crippen molar-refractivity contribution >= 4 is 22.8 Å². The van der Waals surface area contributed by atoms with Crippen molar-refractivity contribution in [2.24, 2.45) is 4.99 Å². The van der Waals surface area contributed by atoms with E-state index in [1.807, 2.05) is 19.2 Å². The standard InChI is InChI=1S/C21H26N6O2/c1-3-24-21(11-15(12-25-21)6-7-17-5-4-8-26(17)2)18-10-19-16(13-22-14-23-19)9-20(18)27(28)29/h9-14,17,24H,3-8H2,1-2H3. The molecule has 29 heavy (non-hydrogen) atoms. The Hall–Kier alpha value is -2.71. The summed E-state index contributed by atoms with van der Waals surface area (Å²) in [4.78, 5) is 26.9. The Morgan fingerprint density at radius 2 is 2.28 bits per heavy atom. The number of hydrogen-bond acceptors (Lipinski definition) is 7. The van der Waals surface area contributed by atoms with Gasteiger partial charge in [0.2, 0.25) is 0 Å². The molecule has 2 atom stereocenters. The monoisotopic (exact) mass is 394 g/mol. The summed E-state index contributed by atoms with van der Waals surface area (Å²) >= 11 is 0. The Morgan fingerprint density at radius 3 is 3.00 bits per heavy atom. The average Bonchev–Trinajstić information content (AvgIpc) is 3.32. The summed E-state index contributed by atoms with van der Waals surface area (Å²) in [5.74, 6) is 0. The summed E-state index contributed by atoms with van der Waals surface area (Å²) in [6.45, 7) is 3.77. The summed E-state index contributed by atoms with van der Waals surface area (Å²) in [6.07, 6.45) is 11.4. The lowest BCUT2D eigenvalue weighted by Gasteiger charge is -2.26. The summed E-state index contributed by atoms with van der Waals surface area (Å²) in [5, 5.41) is 15.9. The normalized spacial score (nSPS) is 24.3. The Kier molecular flexibility index (Phi) is 5.38. The minimum absolute atomic E-state index is 0.0263. The third-order valence-corrected chi connectivity index (χ3v) is 5.94. The fraction of sp³-hybridized carbons (Fsp3) is 0.476. The van der Waals surface area contributed by atoms with E-state index >= 15 is 0 Å². The molecule has 1 aromatic heterocycles. The van der Waals surface area contributed by atoms with Crippen LogP contribution in [-0.2, 0) is 5.66 Å². The molecule has 1 N–H and O–H groups in total. The van der Waals surface area contributed by atoms with Gasteiger partial charge in [0.15, 0.2) is 5.66 Å². The van der Waals surface area contributed by atoms with E-state index in [2.05, 4.69) is 27.2 Å². The molecule has 152 valence electrons. The topological polar surface area (TPSA) is 96.5 Å². The molecular weight excluding hydrogens is 368 g/mol. The van der Waals surface area contributed by atoms with Crippen LogP contribution in [0, 0.1) is 10.1 Å². The Labute approximate surface area is 169 Å². The molecule has 1 aromatic carbocycles. The van der Waals surface area contributed by atoms with Crippen molar-refractivity contribution < 1.29 is 4.92 Å². The summed E-state index contributed by atoms with van der Waals surface area (Å²) < 4.78 is 0. The first-order valence-corrected chi connectivity index (χ1v) is 10.1. The van der Waals surface area contributed by atoms with E-state index in [4.69, 9.17) is 4.99 Å². The van der Waals surface area contributed by atoms with E-state index in [-0.39, 0.29) is 10.6 Å². The lowest BCUT2D eigenvalue weighted by molar-refractivity contribution is -0.385. The Balaban J connectivity index is 1.70. The van der Waals surface area contributed by atoms with E-state index < -0.39 is 5.66 Å². The van der Waals surface area contributed by atoms with Gasteiger partial charge in [-0.1, -0.05) is 6.92 Å². The summed E-state index contributed by atoms with van der Waals surface area (Å²) in [7, 11) is 2.18. The predicted octanol–water partition coefficient (Wildman–Crippen LogP) is 3.19. The van der Waals surface area contributed by atoms with Gasteiger partial charge in [-0.15, -0.1) is 0 Å². The first-order chi connectivity index (χ1) is 14.0. The number of aromatic nitrogens is 2. The van der Waals surface area contributed by atoms with E-state index in [1.54, 1.807) is 18.3 Å². The molecule has 1 saturated heterocycles. The molecule has 4 rings (SSSR count). The Morgan fingerprint density at radius 1 is 1.41 bits per heavy atom. The van der Waals surface area contributed by atoms with Gasteiger partial charge in [0.05, 0.1) is 16.0 Å². The molecule has 0 saturated carbocycles. The minimum Gasteiger partial charge on any atom is -0.303 e. The highest BCUT2D eigenvalue weighted by Crippen LogP contribution is 2.38. The van der Waals surface area contributed by atoms with Gasteiger partial charge in [0, 0.05) is 29.9 Å². The lowest BCUT2D eigenvalue weighted by atomic mass is 9.94. The van der Waals surface area contributed by atoms with Crippen LogP contribution in [0.2, 0.25) is 0 Å². The van der Waals surface area contributed by atoms with Crippen LogP contribution < -0.4 is 5.32 Å². The van der Waals surface area contributed by atoms with Crippen LogP contribution in [0.3, 0.4) is 0 Å². The van der Waals surface area contributed by atoms with Crippen molar-refractivity contribution in [3.8, 4) is 0 Å². The maximum Gasteiger partial charge on any atom is 0.277 e. The molecule has 0 spiro atoms. The zero-order valence-corrected chi connectivity index (χ0v) is 16.8. The Bertz CT molecular complexity index is 988. The van der Waals surface area contributed by atoms with E-state index in [1.165, 1.54) is 19.2 Å². The highest BCUT2D eigenvalue weighted by molar-refractivity contribution is 5.86. The highest BCUT2D eigenvalue weighted by atomic mass is 16.6. The molecule has 8 heteroatoms. The molecule has 3 heterocycles. The second kappa shape index (κ2) is 7.96. The fourth-order valence-corrected chi connectivity index (χ4v) is 4.42. The second-order valence-electron chi connectivity index (χ2n) is 7.80. The highest BCUT2D eigenvalue weighted by Gasteiger charge is 2.38. The number of allylic oxidation sites excluding steroid dienone is 1. The van der Waals surface area contributed by atoms with Gasteiger partial charge < -0.3 is 4.90 Å². The van der Waals surface area contributed by atoms with E-state index in [9.17, 15) is 10.1 Å². The van der Waals surface area contributed by atoms with Crippen LogP contribution >= 0.6 is 0 Å². The van der Waals surface area contributed by atoms with Crippen LogP contribution in [0.4, 0.5) is 5.69 Å². The number of aliphatic imine (C=N–C) groups is 1. The molecule has 2 aliphatic heterocycles. The van der Waals surface area contributed by atoms with Crippen molar-refractivity contribution in [3.05, 3.63) is 52.0 Å². The average molecular weight is 394 g/mol. The fourth-order valence-electron chi connectivity index (χ4n) is 4.42. The maximum atomic E-state index is 11.8. The van der Waals surface area contributed by atoms with Crippen LogP contribution in [0.5, 0.6) is 0 Å². The second-order valence-corrected chi connectivity index (χ2v) is 7.80. The first kappa shape index (κ1) is 19.6. The molecular formula is C21H26N6O2. The van der Waals surface area contributed by atoms with Gasteiger partial charge in [-0.2, -0.15) is 0 Å². The molecule has 8 nitrogen and oxygen atoms in total. The number of likely N-dealkylation sites (tertiary alicyclic amines) is 1. The van der Waals surface area contributed by atoms with Crippen molar-refractivity contribution in [2.75, 3.05) is 20.1 Å². The van der Waals surface area contributed by atoms with Crippen LogP contribution in [-0.4, -0.2) is 52.2 Å². The van der Waals surface area contributed by atoms with Crippen LogP contribution in [0.25, 0.3) is 10.9 Å². The molecule has 1 fully saturated rings. The number of rotatable bonds is 7. The molecule has 0 radical (unpaired) electrons. The SMILES string of the molecule is CCNC1(c2cc3ncncc3cc2[N+](=O)[O-])C=C(CCC2CCCN2C)C=N1. The van der Waals surface area contributed by atoms with Crippen LogP contribution in [0.1, 0.15) is 38.2 Å². The quantitative estimate of drug-likeness (QED) is 0.572. The van der Waals surface area contributed by atoms with E-state index in [0.717, 1.165) is 25.0 Å². The molecule has 2 aromatic rings. The number of nitrogens with one attached hydrogen (secondary N) is 1. The van der Waals surface area contributed by atoms with Gasteiger partial charge >= 0.3 is 0 Å². The number of nitrogens with zero attached hydrogens (tertiary/aromatic N) is 5.